The van der Waals surface area contributed by atoms with Crippen molar-refractivity contribution in [2.75, 3.05) is 5.75 Å². The number of hydrogen-bond donors (Lipinski definition) is 1. The fraction of sp³-hybridized carbons (Fsp3) is 0.273. The number of carboxylic acids is 1. The van der Waals surface area contributed by atoms with Gasteiger partial charge in [0.1, 0.15) is 5.82 Å². The van der Waals surface area contributed by atoms with Crippen molar-refractivity contribution in [1.82, 2.24) is 19.7 Å². The van der Waals surface area contributed by atoms with Crippen molar-refractivity contribution in [3.8, 4) is 0 Å². The van der Waals surface area contributed by atoms with Crippen molar-refractivity contribution in [3.63, 3.8) is 0 Å². The van der Waals surface area contributed by atoms with E-state index in [4.69, 9.17) is 5.11 Å². The second kappa shape index (κ2) is 5.63. The van der Waals surface area contributed by atoms with Crippen LogP contribution in [0, 0.1) is 6.92 Å². The Hall–Kier alpha value is -1.89. The molecular formula is C11H12N4O2S. The molecule has 2 heterocycles. The maximum absolute atomic E-state index is 10.6. The molecule has 0 amide bonds. The zero-order valence-electron chi connectivity index (χ0n) is 9.78. The Labute approximate surface area is 108 Å². The molecule has 0 spiro atoms. The van der Waals surface area contributed by atoms with Crippen molar-refractivity contribution in [3.05, 3.63) is 35.9 Å². The number of carbonyl (C=O) groups is 1. The summed E-state index contributed by atoms with van der Waals surface area (Å²) in [6, 6.07) is 3.82. The van der Waals surface area contributed by atoms with E-state index in [0.717, 1.165) is 23.1 Å². The molecule has 94 valence electrons. The van der Waals surface area contributed by atoms with Crippen molar-refractivity contribution in [2.24, 2.45) is 0 Å². The lowest BCUT2D eigenvalue weighted by Gasteiger charge is -2.07. The molecule has 7 heteroatoms. The average Bonchev–Trinajstić information content (AvgIpc) is 2.70. The number of rotatable bonds is 5. The highest BCUT2D eigenvalue weighted by molar-refractivity contribution is 7.99. The summed E-state index contributed by atoms with van der Waals surface area (Å²) in [7, 11) is 0. The Morgan fingerprint density at radius 2 is 2.33 bits per heavy atom. The fourth-order valence-electron chi connectivity index (χ4n) is 1.45. The van der Waals surface area contributed by atoms with Gasteiger partial charge in [-0.25, -0.2) is 0 Å². The molecule has 0 aromatic carbocycles. The maximum Gasteiger partial charge on any atom is 0.313 e. The van der Waals surface area contributed by atoms with E-state index in [-0.39, 0.29) is 5.75 Å². The number of pyridine rings is 1. The third kappa shape index (κ3) is 3.07. The van der Waals surface area contributed by atoms with Crippen LogP contribution in [0.3, 0.4) is 0 Å². The Morgan fingerprint density at radius 3 is 3.00 bits per heavy atom. The molecule has 2 aromatic rings. The van der Waals surface area contributed by atoms with Gasteiger partial charge < -0.3 is 9.67 Å². The van der Waals surface area contributed by atoms with Gasteiger partial charge in [0.05, 0.1) is 12.3 Å². The highest BCUT2D eigenvalue weighted by atomic mass is 32.2. The van der Waals surface area contributed by atoms with Crippen molar-refractivity contribution in [1.29, 1.82) is 0 Å². The molecule has 0 atom stereocenters. The Morgan fingerprint density at radius 1 is 1.50 bits per heavy atom. The molecule has 0 fully saturated rings. The first kappa shape index (κ1) is 12.6. The van der Waals surface area contributed by atoms with E-state index in [1.54, 1.807) is 12.4 Å². The van der Waals surface area contributed by atoms with Crippen LogP contribution in [0.1, 0.15) is 11.4 Å². The smallest absolute Gasteiger partial charge is 0.313 e. The fourth-order valence-corrected chi connectivity index (χ4v) is 2.15. The van der Waals surface area contributed by atoms with E-state index in [0.29, 0.717) is 11.7 Å². The van der Waals surface area contributed by atoms with Gasteiger partial charge in [0.25, 0.3) is 0 Å². The van der Waals surface area contributed by atoms with Gasteiger partial charge in [-0.1, -0.05) is 17.8 Å². The molecule has 0 aliphatic heterocycles. The lowest BCUT2D eigenvalue weighted by atomic mass is 10.3. The first-order valence-corrected chi connectivity index (χ1v) is 6.28. The topological polar surface area (TPSA) is 80.9 Å². The quantitative estimate of drug-likeness (QED) is 0.817. The molecular weight excluding hydrogens is 252 g/mol. The lowest BCUT2D eigenvalue weighted by Crippen LogP contribution is -2.06. The van der Waals surface area contributed by atoms with E-state index in [2.05, 4.69) is 15.2 Å². The van der Waals surface area contributed by atoms with Crippen LogP contribution < -0.4 is 0 Å². The third-order valence-electron chi connectivity index (χ3n) is 2.29. The first-order chi connectivity index (χ1) is 8.66. The number of thioether (sulfide) groups is 1. The number of hydrogen-bond acceptors (Lipinski definition) is 5. The van der Waals surface area contributed by atoms with Crippen LogP contribution in [-0.4, -0.2) is 36.6 Å². The van der Waals surface area contributed by atoms with Gasteiger partial charge in [-0.2, -0.15) is 0 Å². The highest BCUT2D eigenvalue weighted by Crippen LogP contribution is 2.17. The Kier molecular flexibility index (Phi) is 3.93. The summed E-state index contributed by atoms with van der Waals surface area (Å²) in [6.45, 7) is 2.43. The molecule has 6 nitrogen and oxygen atoms in total. The van der Waals surface area contributed by atoms with Crippen LogP contribution in [0.2, 0.25) is 0 Å². The zero-order chi connectivity index (χ0) is 13.0. The van der Waals surface area contributed by atoms with E-state index in [1.807, 2.05) is 23.6 Å². The second-order valence-corrected chi connectivity index (χ2v) is 4.60. The molecule has 0 aliphatic carbocycles. The van der Waals surface area contributed by atoms with Gasteiger partial charge in [0.15, 0.2) is 5.16 Å². The van der Waals surface area contributed by atoms with Crippen molar-refractivity contribution >= 4 is 17.7 Å². The Bertz CT molecular complexity index is 541. The highest BCUT2D eigenvalue weighted by Gasteiger charge is 2.11. The largest absolute Gasteiger partial charge is 0.481 e. The van der Waals surface area contributed by atoms with Gasteiger partial charge in [0, 0.05) is 12.4 Å². The van der Waals surface area contributed by atoms with Crippen LogP contribution >= 0.6 is 11.8 Å². The number of aryl methyl sites for hydroxylation is 1. The zero-order valence-corrected chi connectivity index (χ0v) is 10.6. The molecule has 0 saturated carbocycles. The maximum atomic E-state index is 10.6. The number of nitrogens with zero attached hydrogens (tertiary/aromatic N) is 4. The minimum Gasteiger partial charge on any atom is -0.481 e. The molecule has 0 saturated heterocycles. The SMILES string of the molecule is Cc1nnc(SCC(=O)O)n1Cc1cccnc1. The number of carboxylic acid groups (broad SMARTS) is 1. The molecule has 2 aromatic heterocycles. The van der Waals surface area contributed by atoms with Crippen LogP contribution in [0.15, 0.2) is 29.7 Å². The minimum atomic E-state index is -0.867. The van der Waals surface area contributed by atoms with E-state index < -0.39 is 5.97 Å². The average molecular weight is 264 g/mol. The summed E-state index contributed by atoms with van der Waals surface area (Å²) in [5.74, 6) is -0.133. The monoisotopic (exact) mass is 264 g/mol. The van der Waals surface area contributed by atoms with Crippen LogP contribution in [0.5, 0.6) is 0 Å². The van der Waals surface area contributed by atoms with E-state index in [9.17, 15) is 4.79 Å². The molecule has 0 radical (unpaired) electrons. The van der Waals surface area contributed by atoms with Gasteiger partial charge in [-0.05, 0) is 18.6 Å². The predicted molar refractivity (Wildman–Crippen MR) is 66.5 cm³/mol. The van der Waals surface area contributed by atoms with Crippen LogP contribution in [-0.2, 0) is 11.3 Å². The van der Waals surface area contributed by atoms with Crippen molar-refractivity contribution < 1.29 is 9.90 Å². The van der Waals surface area contributed by atoms with Gasteiger partial charge in [0.2, 0.25) is 0 Å². The minimum absolute atomic E-state index is 0.0226. The summed E-state index contributed by atoms with van der Waals surface area (Å²) < 4.78 is 1.88. The normalized spacial score (nSPS) is 10.5. The molecule has 0 aliphatic rings. The summed E-state index contributed by atoms with van der Waals surface area (Å²) in [6.07, 6.45) is 3.48. The van der Waals surface area contributed by atoms with Crippen LogP contribution in [0.25, 0.3) is 0 Å². The van der Waals surface area contributed by atoms with Gasteiger partial charge in [-0.15, -0.1) is 10.2 Å². The summed E-state index contributed by atoms with van der Waals surface area (Å²) in [4.78, 5) is 14.6. The molecule has 0 unspecified atom stereocenters. The molecule has 1 N–H and O–H groups in total. The second-order valence-electron chi connectivity index (χ2n) is 3.66. The third-order valence-corrected chi connectivity index (χ3v) is 3.24. The summed E-state index contributed by atoms with van der Waals surface area (Å²) >= 11 is 1.16. The van der Waals surface area contributed by atoms with E-state index in [1.165, 1.54) is 0 Å². The number of aliphatic carboxylic acids is 1. The Balaban J connectivity index is 2.16. The molecule has 2 rings (SSSR count). The van der Waals surface area contributed by atoms with Crippen molar-refractivity contribution in [2.45, 2.75) is 18.6 Å². The van der Waals surface area contributed by atoms with Gasteiger partial charge >= 0.3 is 5.97 Å². The molecule has 0 bridgehead atoms. The number of aromatic nitrogens is 4. The standard InChI is InChI=1S/C11H12N4O2S/c1-8-13-14-11(18-7-10(16)17)15(8)6-9-3-2-4-12-5-9/h2-5H,6-7H2,1H3,(H,16,17). The first-order valence-electron chi connectivity index (χ1n) is 5.30. The van der Waals surface area contributed by atoms with Gasteiger partial charge in [-0.3, -0.25) is 9.78 Å². The molecule has 18 heavy (non-hydrogen) atoms. The van der Waals surface area contributed by atoms with E-state index >= 15 is 0 Å². The summed E-state index contributed by atoms with van der Waals surface area (Å²) in [5, 5.41) is 17.2. The summed E-state index contributed by atoms with van der Waals surface area (Å²) in [5.41, 5.74) is 1.03. The predicted octanol–water partition coefficient (Wildman–Crippen LogP) is 1.21. The lowest BCUT2D eigenvalue weighted by molar-refractivity contribution is -0.133. The van der Waals surface area contributed by atoms with Crippen LogP contribution in [0.4, 0.5) is 0 Å².